The van der Waals surface area contributed by atoms with Crippen LogP contribution in [-0.4, -0.2) is 48.2 Å². The first kappa shape index (κ1) is 24.0. The molecule has 1 heterocycles. The highest BCUT2D eigenvalue weighted by molar-refractivity contribution is 5.87. The first-order valence-corrected chi connectivity index (χ1v) is 11.0. The number of β-amino-alcohol motifs (C(OH)–C–C–N with tert-alkyl or cyclic N) is 1. The van der Waals surface area contributed by atoms with Crippen molar-refractivity contribution < 1.29 is 9.90 Å². The second kappa shape index (κ2) is 11.8. The van der Waals surface area contributed by atoms with Crippen LogP contribution in [0.3, 0.4) is 0 Å². The second-order valence-electron chi connectivity index (χ2n) is 8.31. The van der Waals surface area contributed by atoms with Crippen molar-refractivity contribution in [2.24, 2.45) is 0 Å². The van der Waals surface area contributed by atoms with Gasteiger partial charge in [0.1, 0.15) is 0 Å². The van der Waals surface area contributed by atoms with E-state index < -0.39 is 0 Å². The molecule has 3 aromatic carbocycles. The quantitative estimate of drug-likeness (QED) is 0.540. The summed E-state index contributed by atoms with van der Waals surface area (Å²) < 4.78 is 0. The van der Waals surface area contributed by atoms with E-state index in [0.717, 1.165) is 30.6 Å². The maximum absolute atomic E-state index is 13.4. The summed E-state index contributed by atoms with van der Waals surface area (Å²) in [6.07, 6.45) is 0.573. The van der Waals surface area contributed by atoms with E-state index in [-0.39, 0.29) is 36.3 Å². The number of hydrogen-bond acceptors (Lipinski definition) is 3. The zero-order valence-electron chi connectivity index (χ0n) is 18.1. The summed E-state index contributed by atoms with van der Waals surface area (Å²) in [5, 5.41) is 13.2. The third kappa shape index (κ3) is 6.19. The van der Waals surface area contributed by atoms with E-state index in [0.29, 0.717) is 13.1 Å². The van der Waals surface area contributed by atoms with Crippen LogP contribution in [0.15, 0.2) is 91.0 Å². The van der Waals surface area contributed by atoms with Crippen LogP contribution in [-0.2, 0) is 4.79 Å². The number of rotatable bonds is 8. The van der Waals surface area contributed by atoms with Gasteiger partial charge >= 0.3 is 0 Å². The number of nitrogens with zero attached hydrogens (tertiary/aromatic N) is 1. The van der Waals surface area contributed by atoms with Crippen LogP contribution in [0.1, 0.15) is 34.9 Å². The molecular formula is C27H31ClN2O2. The molecule has 2 N–H and O–H groups in total. The number of amides is 1. The molecule has 1 aliphatic heterocycles. The molecular weight excluding hydrogens is 420 g/mol. The van der Waals surface area contributed by atoms with Gasteiger partial charge in [0.25, 0.3) is 0 Å². The topological polar surface area (TPSA) is 52.6 Å². The maximum Gasteiger partial charge on any atom is 0.232 e. The van der Waals surface area contributed by atoms with Crippen molar-refractivity contribution in [2.45, 2.75) is 24.4 Å². The van der Waals surface area contributed by atoms with E-state index in [2.05, 4.69) is 22.3 Å². The molecule has 1 saturated heterocycles. The zero-order valence-corrected chi connectivity index (χ0v) is 19.0. The Kier molecular flexibility index (Phi) is 8.86. The van der Waals surface area contributed by atoms with Gasteiger partial charge in [-0.15, -0.1) is 12.4 Å². The lowest BCUT2D eigenvalue weighted by Crippen LogP contribution is -2.37. The highest BCUT2D eigenvalue weighted by Gasteiger charge is 2.26. The Morgan fingerprint density at radius 1 is 0.875 bits per heavy atom. The van der Waals surface area contributed by atoms with Crippen molar-refractivity contribution in [1.82, 2.24) is 10.2 Å². The van der Waals surface area contributed by atoms with E-state index in [9.17, 15) is 9.90 Å². The summed E-state index contributed by atoms with van der Waals surface area (Å²) in [5.41, 5.74) is 3.19. The van der Waals surface area contributed by atoms with E-state index in [1.165, 1.54) is 5.56 Å². The van der Waals surface area contributed by atoms with Gasteiger partial charge in [-0.05, 0) is 23.1 Å². The lowest BCUT2D eigenvalue weighted by Gasteiger charge is -2.25. The predicted octanol–water partition coefficient (Wildman–Crippen LogP) is 4.21. The van der Waals surface area contributed by atoms with Gasteiger partial charge in [0.2, 0.25) is 5.91 Å². The van der Waals surface area contributed by atoms with Crippen molar-refractivity contribution in [3.05, 3.63) is 108 Å². The molecule has 0 saturated carbocycles. The summed E-state index contributed by atoms with van der Waals surface area (Å²) in [6, 6.07) is 30.2. The Bertz CT molecular complexity index is 914. The van der Waals surface area contributed by atoms with E-state index in [1.54, 1.807) is 0 Å². The van der Waals surface area contributed by atoms with Gasteiger partial charge in [-0.3, -0.25) is 9.69 Å². The van der Waals surface area contributed by atoms with E-state index in [4.69, 9.17) is 0 Å². The van der Waals surface area contributed by atoms with Crippen LogP contribution in [0, 0.1) is 0 Å². The van der Waals surface area contributed by atoms with Gasteiger partial charge < -0.3 is 10.4 Å². The minimum absolute atomic E-state index is 0. The van der Waals surface area contributed by atoms with Crippen molar-refractivity contribution in [3.8, 4) is 0 Å². The van der Waals surface area contributed by atoms with Gasteiger partial charge in [-0.2, -0.15) is 0 Å². The smallest absolute Gasteiger partial charge is 0.232 e. The Morgan fingerprint density at radius 3 is 1.84 bits per heavy atom. The number of likely N-dealkylation sites (tertiary alicyclic amines) is 1. The summed E-state index contributed by atoms with van der Waals surface area (Å²) >= 11 is 0. The number of carbonyl (C=O) groups excluding carboxylic acids is 1. The molecule has 0 aromatic heterocycles. The number of halogens is 1. The van der Waals surface area contributed by atoms with Crippen LogP contribution in [0.4, 0.5) is 0 Å². The summed E-state index contributed by atoms with van der Waals surface area (Å²) in [4.78, 5) is 15.7. The fraction of sp³-hybridized carbons (Fsp3) is 0.296. The first-order chi connectivity index (χ1) is 15.2. The molecule has 32 heavy (non-hydrogen) atoms. The molecule has 5 heteroatoms. The monoisotopic (exact) mass is 450 g/mol. The molecule has 1 aliphatic rings. The fourth-order valence-electron chi connectivity index (χ4n) is 4.41. The number of nitrogens with one attached hydrogen (secondary N) is 1. The third-order valence-electron chi connectivity index (χ3n) is 6.05. The Morgan fingerprint density at radius 2 is 1.38 bits per heavy atom. The molecule has 1 amide bonds. The Labute approximate surface area is 196 Å². The lowest BCUT2D eigenvalue weighted by molar-refractivity contribution is -0.121. The van der Waals surface area contributed by atoms with Gasteiger partial charge in [0, 0.05) is 32.1 Å². The minimum atomic E-state index is -0.340. The van der Waals surface area contributed by atoms with Crippen molar-refractivity contribution >= 4 is 18.3 Å². The molecule has 0 radical (unpaired) electrons. The highest BCUT2D eigenvalue weighted by atomic mass is 35.5. The first-order valence-electron chi connectivity index (χ1n) is 11.0. The highest BCUT2D eigenvalue weighted by Crippen LogP contribution is 2.26. The number of aliphatic hydroxyl groups excluding tert-OH is 1. The average molecular weight is 451 g/mol. The fourth-order valence-corrected chi connectivity index (χ4v) is 4.41. The summed E-state index contributed by atoms with van der Waals surface area (Å²) in [7, 11) is 0. The molecule has 4 nitrogen and oxygen atoms in total. The number of benzene rings is 3. The largest absolute Gasteiger partial charge is 0.392 e. The predicted molar refractivity (Wildman–Crippen MR) is 131 cm³/mol. The lowest BCUT2D eigenvalue weighted by atomic mass is 9.90. The molecule has 2 atom stereocenters. The third-order valence-corrected chi connectivity index (χ3v) is 6.05. The summed E-state index contributed by atoms with van der Waals surface area (Å²) in [5.74, 6) is -0.158. The number of carbonyl (C=O) groups is 1. The normalized spacial score (nSPS) is 17.0. The Hall–Kier alpha value is -2.66. The molecule has 1 fully saturated rings. The van der Waals surface area contributed by atoms with Gasteiger partial charge in [-0.1, -0.05) is 91.0 Å². The maximum atomic E-state index is 13.4. The minimum Gasteiger partial charge on any atom is -0.392 e. The van der Waals surface area contributed by atoms with Crippen LogP contribution in [0.25, 0.3) is 0 Å². The molecule has 3 aromatic rings. The van der Waals surface area contributed by atoms with Crippen LogP contribution in [0.2, 0.25) is 0 Å². The van der Waals surface area contributed by atoms with Crippen molar-refractivity contribution in [1.29, 1.82) is 0 Å². The van der Waals surface area contributed by atoms with Gasteiger partial charge in [-0.25, -0.2) is 0 Å². The zero-order chi connectivity index (χ0) is 21.5. The molecule has 2 unspecified atom stereocenters. The van der Waals surface area contributed by atoms with Gasteiger partial charge in [0.15, 0.2) is 0 Å². The van der Waals surface area contributed by atoms with E-state index >= 15 is 0 Å². The number of hydrogen-bond donors (Lipinski definition) is 2. The van der Waals surface area contributed by atoms with E-state index in [1.807, 2.05) is 78.9 Å². The SMILES string of the molecule is Cl.O=C(NCC(CN1CCC(O)C1)c1ccccc1)C(c1ccccc1)c1ccccc1. The van der Waals surface area contributed by atoms with Crippen LogP contribution >= 0.6 is 12.4 Å². The molecule has 0 bridgehead atoms. The van der Waals surface area contributed by atoms with Crippen LogP contribution < -0.4 is 5.32 Å². The van der Waals surface area contributed by atoms with Crippen molar-refractivity contribution in [2.75, 3.05) is 26.2 Å². The average Bonchev–Trinajstić information content (AvgIpc) is 3.23. The molecule has 0 aliphatic carbocycles. The second-order valence-corrected chi connectivity index (χ2v) is 8.31. The van der Waals surface area contributed by atoms with Crippen LogP contribution in [0.5, 0.6) is 0 Å². The Balaban J connectivity index is 0.00000289. The molecule has 4 rings (SSSR count). The summed E-state index contributed by atoms with van der Waals surface area (Å²) in [6.45, 7) is 2.98. The molecule has 0 spiro atoms. The van der Waals surface area contributed by atoms with Crippen molar-refractivity contribution in [3.63, 3.8) is 0 Å². The standard InChI is InChI=1S/C27H30N2O2.ClH/c30-25-16-17-29(20-25)19-24(21-10-4-1-5-11-21)18-28-27(31)26(22-12-6-2-7-13-22)23-14-8-3-9-15-23;/h1-15,24-26,30H,16-20H2,(H,28,31);1H. The van der Waals surface area contributed by atoms with Gasteiger partial charge in [0.05, 0.1) is 12.0 Å². The molecule has 168 valence electrons. The number of aliphatic hydroxyl groups is 1.